The van der Waals surface area contributed by atoms with Gasteiger partial charge in [0.1, 0.15) is 29.6 Å². The summed E-state index contributed by atoms with van der Waals surface area (Å²) >= 11 is 1.47. The van der Waals surface area contributed by atoms with Crippen molar-refractivity contribution in [2.24, 2.45) is 5.73 Å². The lowest BCUT2D eigenvalue weighted by Crippen LogP contribution is -2.57. The molecule has 12 heteroatoms. The van der Waals surface area contributed by atoms with Gasteiger partial charge in [0.2, 0.25) is 17.7 Å². The number of hydrogen-bond acceptors (Lipinski definition) is 8. The van der Waals surface area contributed by atoms with Crippen molar-refractivity contribution in [3.8, 4) is 11.5 Å². The Morgan fingerprint density at radius 1 is 0.789 bits per heavy atom. The Balaban J connectivity index is 2.16. The molecule has 4 atom stereocenters. The minimum Gasteiger partial charge on any atom is -0.508 e. The fraction of sp³-hybridized carbons (Fsp3) is 0.385. The van der Waals surface area contributed by atoms with E-state index < -0.39 is 47.9 Å². The lowest BCUT2D eigenvalue weighted by atomic mass is 10.0. The van der Waals surface area contributed by atoms with E-state index in [9.17, 15) is 29.4 Å². The lowest BCUT2D eigenvalue weighted by molar-refractivity contribution is -0.141. The number of phenolic OH excluding ortho intramolecular Hbond substituents is 2. The smallest absolute Gasteiger partial charge is 0.325 e. The maximum absolute atomic E-state index is 13.2. The fourth-order valence-electron chi connectivity index (χ4n) is 3.49. The van der Waals surface area contributed by atoms with Crippen LogP contribution in [0.1, 0.15) is 24.5 Å². The zero-order chi connectivity index (χ0) is 28.2. The Hall–Kier alpha value is -3.77. The van der Waals surface area contributed by atoms with Gasteiger partial charge in [-0.2, -0.15) is 11.8 Å². The molecule has 0 saturated carbocycles. The molecule has 0 aliphatic carbocycles. The predicted molar refractivity (Wildman–Crippen MR) is 144 cm³/mol. The number of nitrogens with one attached hydrogen (secondary N) is 3. The number of carbonyl (C=O) groups is 4. The van der Waals surface area contributed by atoms with Gasteiger partial charge in [0.05, 0.1) is 6.04 Å². The van der Waals surface area contributed by atoms with Crippen LogP contribution >= 0.6 is 11.8 Å². The maximum atomic E-state index is 13.2. The SMILES string of the molecule is CSCCC(NC(=O)C(N)Cc1ccc(O)cc1)C(=O)NC(Cc1ccc(O)cc1)C(=O)NC(C)C(=O)O. The molecule has 2 aromatic rings. The second-order valence-electron chi connectivity index (χ2n) is 8.82. The average Bonchev–Trinajstić information content (AvgIpc) is 2.88. The summed E-state index contributed by atoms with van der Waals surface area (Å²) in [5, 5.41) is 35.8. The van der Waals surface area contributed by atoms with Crippen LogP contribution in [-0.2, 0) is 32.0 Å². The normalized spacial score (nSPS) is 14.0. The lowest BCUT2D eigenvalue weighted by Gasteiger charge is -2.25. The number of amides is 3. The van der Waals surface area contributed by atoms with E-state index >= 15 is 0 Å². The summed E-state index contributed by atoms with van der Waals surface area (Å²) in [5.41, 5.74) is 7.41. The number of benzene rings is 2. The van der Waals surface area contributed by atoms with Gasteiger partial charge in [-0.1, -0.05) is 24.3 Å². The molecule has 11 nitrogen and oxygen atoms in total. The molecule has 4 unspecified atom stereocenters. The Bertz CT molecular complexity index is 1100. The molecule has 0 saturated heterocycles. The highest BCUT2D eigenvalue weighted by Crippen LogP contribution is 2.13. The molecule has 2 aromatic carbocycles. The number of rotatable bonds is 14. The van der Waals surface area contributed by atoms with Crippen LogP contribution in [-0.4, -0.2) is 75.2 Å². The molecule has 2 rings (SSSR count). The molecule has 3 amide bonds. The van der Waals surface area contributed by atoms with Crippen LogP contribution in [0.5, 0.6) is 11.5 Å². The summed E-state index contributed by atoms with van der Waals surface area (Å²) in [6.45, 7) is 1.30. The van der Waals surface area contributed by atoms with E-state index in [0.717, 1.165) is 5.56 Å². The van der Waals surface area contributed by atoms with E-state index in [1.165, 1.54) is 43.0 Å². The van der Waals surface area contributed by atoms with Gasteiger partial charge in [0.25, 0.3) is 0 Å². The minimum absolute atomic E-state index is 0.0216. The first-order valence-electron chi connectivity index (χ1n) is 11.9. The van der Waals surface area contributed by atoms with Gasteiger partial charge in [0.15, 0.2) is 0 Å². The number of carboxylic acids is 1. The number of hydrogen-bond donors (Lipinski definition) is 7. The van der Waals surface area contributed by atoms with Gasteiger partial charge >= 0.3 is 5.97 Å². The molecule has 206 valence electrons. The fourth-order valence-corrected chi connectivity index (χ4v) is 3.96. The quantitative estimate of drug-likeness (QED) is 0.177. The summed E-state index contributed by atoms with van der Waals surface area (Å²) in [5.74, 6) is -2.47. The van der Waals surface area contributed by atoms with Gasteiger partial charge < -0.3 is 37.0 Å². The average molecular weight is 547 g/mol. The molecule has 0 heterocycles. The van der Waals surface area contributed by atoms with E-state index in [2.05, 4.69) is 16.0 Å². The highest BCUT2D eigenvalue weighted by Gasteiger charge is 2.29. The molecular weight excluding hydrogens is 512 g/mol. The van der Waals surface area contributed by atoms with E-state index in [1.54, 1.807) is 24.3 Å². The molecule has 0 spiro atoms. The number of carbonyl (C=O) groups excluding carboxylic acids is 3. The molecule has 0 aliphatic heterocycles. The van der Waals surface area contributed by atoms with Crippen molar-refractivity contribution >= 4 is 35.5 Å². The molecule has 0 aromatic heterocycles. The third kappa shape index (κ3) is 9.94. The summed E-state index contributed by atoms with van der Waals surface area (Å²) in [6, 6.07) is 8.00. The van der Waals surface area contributed by atoms with Crippen LogP contribution in [0, 0.1) is 0 Å². The van der Waals surface area contributed by atoms with E-state index in [1.807, 2.05) is 6.26 Å². The first-order valence-corrected chi connectivity index (χ1v) is 13.3. The Morgan fingerprint density at radius 2 is 1.26 bits per heavy atom. The van der Waals surface area contributed by atoms with E-state index in [4.69, 9.17) is 10.8 Å². The number of nitrogens with two attached hydrogens (primary N) is 1. The van der Waals surface area contributed by atoms with Crippen LogP contribution in [0.3, 0.4) is 0 Å². The van der Waals surface area contributed by atoms with Gasteiger partial charge in [0, 0.05) is 6.42 Å². The summed E-state index contributed by atoms with van der Waals surface area (Å²) < 4.78 is 0. The van der Waals surface area contributed by atoms with Crippen molar-refractivity contribution in [3.05, 3.63) is 59.7 Å². The van der Waals surface area contributed by atoms with Gasteiger partial charge in [-0.15, -0.1) is 0 Å². The summed E-state index contributed by atoms with van der Waals surface area (Å²) in [7, 11) is 0. The number of phenols is 2. The maximum Gasteiger partial charge on any atom is 0.325 e. The topological polar surface area (TPSA) is 191 Å². The van der Waals surface area contributed by atoms with Crippen molar-refractivity contribution in [2.45, 2.75) is 50.4 Å². The van der Waals surface area contributed by atoms with Crippen molar-refractivity contribution in [2.75, 3.05) is 12.0 Å². The third-order valence-electron chi connectivity index (χ3n) is 5.71. The van der Waals surface area contributed by atoms with Crippen LogP contribution in [0.2, 0.25) is 0 Å². The van der Waals surface area contributed by atoms with Crippen LogP contribution in [0.15, 0.2) is 48.5 Å². The number of aromatic hydroxyl groups is 2. The minimum atomic E-state index is -1.24. The van der Waals surface area contributed by atoms with Crippen molar-refractivity contribution in [1.82, 2.24) is 16.0 Å². The van der Waals surface area contributed by atoms with Gasteiger partial charge in [-0.25, -0.2) is 0 Å². The number of carboxylic acid groups (broad SMARTS) is 1. The number of thioether (sulfide) groups is 1. The molecule has 0 bridgehead atoms. The first kappa shape index (κ1) is 30.5. The predicted octanol–water partition coefficient (Wildman–Crippen LogP) is 0.522. The molecule has 8 N–H and O–H groups in total. The zero-order valence-corrected chi connectivity index (χ0v) is 22.0. The monoisotopic (exact) mass is 546 g/mol. The Labute approximate surface area is 225 Å². The Kier molecular flexibility index (Phi) is 11.9. The molecule has 38 heavy (non-hydrogen) atoms. The van der Waals surface area contributed by atoms with Gasteiger partial charge in [-0.05, 0) is 67.2 Å². The highest BCUT2D eigenvalue weighted by atomic mass is 32.2. The highest BCUT2D eigenvalue weighted by molar-refractivity contribution is 7.98. The van der Waals surface area contributed by atoms with Crippen molar-refractivity contribution < 1.29 is 34.5 Å². The number of aliphatic carboxylic acids is 1. The first-order chi connectivity index (χ1) is 18.0. The van der Waals surface area contributed by atoms with E-state index in [-0.39, 0.29) is 30.8 Å². The third-order valence-corrected chi connectivity index (χ3v) is 6.35. The molecule has 0 aliphatic rings. The zero-order valence-electron chi connectivity index (χ0n) is 21.2. The van der Waals surface area contributed by atoms with Crippen molar-refractivity contribution in [3.63, 3.8) is 0 Å². The standard InChI is InChI=1S/C26H34N4O7S/c1-15(26(36)37)28-25(35)22(14-17-5-9-19(32)10-6-17)30-24(34)21(11-12-38-2)29-23(33)20(27)13-16-3-7-18(31)8-4-16/h3-10,15,20-22,31-32H,11-14,27H2,1-2H3,(H,28,35)(H,29,33)(H,30,34)(H,36,37). The van der Waals surface area contributed by atoms with Crippen molar-refractivity contribution in [1.29, 1.82) is 0 Å². The second-order valence-corrected chi connectivity index (χ2v) is 9.81. The Morgan fingerprint density at radius 3 is 1.76 bits per heavy atom. The van der Waals surface area contributed by atoms with Gasteiger partial charge in [-0.3, -0.25) is 19.2 Å². The van der Waals surface area contributed by atoms with Crippen LogP contribution in [0.4, 0.5) is 0 Å². The molecule has 0 radical (unpaired) electrons. The van der Waals surface area contributed by atoms with E-state index in [0.29, 0.717) is 11.3 Å². The van der Waals surface area contributed by atoms with Crippen LogP contribution < -0.4 is 21.7 Å². The largest absolute Gasteiger partial charge is 0.508 e. The summed E-state index contributed by atoms with van der Waals surface area (Å²) in [4.78, 5) is 50.2. The van der Waals surface area contributed by atoms with Crippen LogP contribution in [0.25, 0.3) is 0 Å². The molecular formula is C26H34N4O7S. The molecule has 0 fully saturated rings. The summed E-state index contributed by atoms with van der Waals surface area (Å²) in [6.07, 6.45) is 2.32. The second kappa shape index (κ2) is 14.8.